The first-order chi connectivity index (χ1) is 9.05. The Labute approximate surface area is 145 Å². The number of hydrogen-bond donors (Lipinski definition) is 2. The number of rotatable bonds is 8. The quantitative estimate of drug-likeness (QED) is 0.733. The summed E-state index contributed by atoms with van der Waals surface area (Å²) >= 11 is 5.96. The van der Waals surface area contributed by atoms with Crippen LogP contribution in [0, 0.1) is 0 Å². The summed E-state index contributed by atoms with van der Waals surface area (Å²) < 4.78 is 6.00. The Morgan fingerprint density at radius 1 is 1.05 bits per heavy atom. The number of nitrogens with two attached hydrogens (primary N) is 2. The molecule has 2 unspecified atom stereocenters. The normalized spacial score (nSPS) is 14.3. The summed E-state index contributed by atoms with van der Waals surface area (Å²) in [7, 11) is 0. The van der Waals surface area contributed by atoms with Crippen LogP contribution in [0.25, 0.3) is 0 Å². The zero-order valence-electron chi connectivity index (χ0n) is 12.6. The molecule has 3 nitrogen and oxygen atoms in total. The van der Waals surface area contributed by atoms with Crippen LogP contribution in [0.3, 0.4) is 0 Å². The molecule has 0 aromatic heterocycles. The summed E-state index contributed by atoms with van der Waals surface area (Å²) in [6.07, 6.45) is 3.56. The van der Waals surface area contributed by atoms with E-state index >= 15 is 0 Å². The molecule has 1 aromatic carbocycles. The van der Waals surface area contributed by atoms with E-state index < -0.39 is 0 Å². The molecule has 4 N–H and O–H groups in total. The van der Waals surface area contributed by atoms with Crippen molar-refractivity contribution < 1.29 is 4.74 Å². The molecule has 0 saturated heterocycles. The molecule has 6 heteroatoms. The molecule has 2 atom stereocenters. The van der Waals surface area contributed by atoms with Crippen LogP contribution in [0.1, 0.15) is 39.5 Å². The lowest BCUT2D eigenvalue weighted by Crippen LogP contribution is -2.34. The summed E-state index contributed by atoms with van der Waals surface area (Å²) in [5.74, 6) is 0.782. The molecule has 1 aromatic rings. The number of benzene rings is 1. The monoisotopic (exact) mass is 356 g/mol. The molecule has 21 heavy (non-hydrogen) atoms. The van der Waals surface area contributed by atoms with Crippen molar-refractivity contribution in [1.29, 1.82) is 0 Å². The van der Waals surface area contributed by atoms with Gasteiger partial charge in [0, 0.05) is 17.1 Å². The van der Waals surface area contributed by atoms with Crippen LogP contribution in [0.15, 0.2) is 24.3 Å². The van der Waals surface area contributed by atoms with Crippen molar-refractivity contribution in [3.8, 4) is 5.75 Å². The second-order valence-electron chi connectivity index (χ2n) is 5.01. The first-order valence-corrected chi connectivity index (χ1v) is 7.36. The average molecular weight is 358 g/mol. The molecule has 0 fully saturated rings. The van der Waals surface area contributed by atoms with E-state index in [4.69, 9.17) is 27.8 Å². The Morgan fingerprint density at radius 3 is 2.00 bits per heavy atom. The van der Waals surface area contributed by atoms with Gasteiger partial charge in [0.2, 0.25) is 0 Å². The number of ether oxygens (including phenoxy) is 1. The van der Waals surface area contributed by atoms with E-state index in [1.165, 1.54) is 0 Å². The van der Waals surface area contributed by atoms with E-state index in [0.29, 0.717) is 5.02 Å². The average Bonchev–Trinajstić information content (AvgIpc) is 2.38. The van der Waals surface area contributed by atoms with Gasteiger partial charge in [-0.2, -0.15) is 0 Å². The molecule has 0 radical (unpaired) electrons. The summed E-state index contributed by atoms with van der Waals surface area (Å²) in [5.41, 5.74) is 12.1. The highest BCUT2D eigenvalue weighted by molar-refractivity contribution is 6.30. The molecule has 1 rings (SSSR count). The summed E-state index contributed by atoms with van der Waals surface area (Å²) in [6, 6.07) is 7.74. The van der Waals surface area contributed by atoms with Crippen molar-refractivity contribution in [2.24, 2.45) is 11.5 Å². The molecule has 0 saturated carbocycles. The molecule has 0 spiro atoms. The van der Waals surface area contributed by atoms with Gasteiger partial charge >= 0.3 is 0 Å². The van der Waals surface area contributed by atoms with Crippen molar-refractivity contribution in [2.45, 2.75) is 57.7 Å². The topological polar surface area (TPSA) is 61.3 Å². The van der Waals surface area contributed by atoms with Gasteiger partial charge in [-0.3, -0.25) is 0 Å². The first-order valence-electron chi connectivity index (χ1n) is 6.98. The SMILES string of the molecule is CCC(N)CC(CC(N)CC)Oc1cccc(Cl)c1.Cl.Cl. The molecular formula is C15H27Cl3N2O. The van der Waals surface area contributed by atoms with E-state index in [2.05, 4.69) is 13.8 Å². The minimum absolute atomic E-state index is 0. The van der Waals surface area contributed by atoms with Gasteiger partial charge in [-0.25, -0.2) is 0 Å². The zero-order chi connectivity index (χ0) is 14.3. The van der Waals surface area contributed by atoms with Crippen molar-refractivity contribution in [2.75, 3.05) is 0 Å². The van der Waals surface area contributed by atoms with Crippen LogP contribution < -0.4 is 16.2 Å². The maximum Gasteiger partial charge on any atom is 0.121 e. The molecule has 0 aliphatic heterocycles. The fraction of sp³-hybridized carbons (Fsp3) is 0.600. The van der Waals surface area contributed by atoms with E-state index in [-0.39, 0.29) is 43.0 Å². The van der Waals surface area contributed by atoms with Gasteiger partial charge in [-0.05, 0) is 43.9 Å². The molecule has 0 aliphatic carbocycles. The van der Waals surface area contributed by atoms with Crippen molar-refractivity contribution in [1.82, 2.24) is 0 Å². The van der Waals surface area contributed by atoms with Gasteiger partial charge < -0.3 is 16.2 Å². The third kappa shape index (κ3) is 9.43. The van der Waals surface area contributed by atoms with E-state index in [9.17, 15) is 0 Å². The Morgan fingerprint density at radius 2 is 1.57 bits per heavy atom. The summed E-state index contributed by atoms with van der Waals surface area (Å²) in [6.45, 7) is 4.17. The minimum atomic E-state index is 0. The van der Waals surface area contributed by atoms with Crippen LogP contribution in [0.2, 0.25) is 5.02 Å². The lowest BCUT2D eigenvalue weighted by molar-refractivity contribution is 0.161. The van der Waals surface area contributed by atoms with Gasteiger partial charge in [0.15, 0.2) is 0 Å². The van der Waals surface area contributed by atoms with Gasteiger partial charge in [-0.15, -0.1) is 24.8 Å². The molecule has 0 aliphatic rings. The highest BCUT2D eigenvalue weighted by atomic mass is 35.5. The van der Waals surface area contributed by atoms with Gasteiger partial charge in [0.05, 0.1) is 0 Å². The van der Waals surface area contributed by atoms with E-state index in [0.717, 1.165) is 31.4 Å². The zero-order valence-corrected chi connectivity index (χ0v) is 15.0. The Hall–Kier alpha value is -0.190. The fourth-order valence-corrected chi connectivity index (χ4v) is 2.11. The third-order valence-corrected chi connectivity index (χ3v) is 3.51. The molecule has 124 valence electrons. The van der Waals surface area contributed by atoms with Gasteiger partial charge in [0.25, 0.3) is 0 Å². The van der Waals surface area contributed by atoms with E-state index in [1.54, 1.807) is 0 Å². The summed E-state index contributed by atoms with van der Waals surface area (Å²) in [4.78, 5) is 0. The first kappa shape index (κ1) is 23.1. The Kier molecular flexibility index (Phi) is 13.6. The van der Waals surface area contributed by atoms with Crippen LogP contribution in [-0.2, 0) is 0 Å². The highest BCUT2D eigenvalue weighted by Gasteiger charge is 2.17. The van der Waals surface area contributed by atoms with Crippen molar-refractivity contribution in [3.05, 3.63) is 29.3 Å². The van der Waals surface area contributed by atoms with E-state index in [1.807, 2.05) is 24.3 Å². The van der Waals surface area contributed by atoms with Crippen LogP contribution >= 0.6 is 36.4 Å². The summed E-state index contributed by atoms with van der Waals surface area (Å²) in [5, 5.41) is 0.677. The molecule has 0 amide bonds. The van der Waals surface area contributed by atoms with Gasteiger partial charge in [0.1, 0.15) is 11.9 Å². The minimum Gasteiger partial charge on any atom is -0.490 e. The maximum absolute atomic E-state index is 6.03. The molecule has 0 heterocycles. The molecule has 0 bridgehead atoms. The van der Waals surface area contributed by atoms with Crippen LogP contribution in [0.4, 0.5) is 0 Å². The second kappa shape index (κ2) is 12.4. The number of hydrogen-bond acceptors (Lipinski definition) is 3. The standard InChI is InChI=1S/C15H25ClN2O.2ClH/c1-3-12(17)9-15(10-13(18)4-2)19-14-7-5-6-11(16)8-14;;/h5-8,12-13,15H,3-4,9-10,17-18H2,1-2H3;2*1H. The van der Waals surface area contributed by atoms with Gasteiger partial charge in [-0.1, -0.05) is 31.5 Å². The Balaban J connectivity index is 0. The lowest BCUT2D eigenvalue weighted by Gasteiger charge is -2.24. The van der Waals surface area contributed by atoms with Crippen LogP contribution in [-0.4, -0.2) is 18.2 Å². The van der Waals surface area contributed by atoms with Crippen LogP contribution in [0.5, 0.6) is 5.75 Å². The lowest BCUT2D eigenvalue weighted by atomic mass is 10.0. The predicted octanol–water partition coefficient (Wildman–Crippen LogP) is 4.19. The molecular weight excluding hydrogens is 331 g/mol. The predicted molar refractivity (Wildman–Crippen MR) is 96.1 cm³/mol. The van der Waals surface area contributed by atoms with Crippen molar-refractivity contribution in [3.63, 3.8) is 0 Å². The highest BCUT2D eigenvalue weighted by Crippen LogP contribution is 2.21. The number of halogens is 3. The third-order valence-electron chi connectivity index (χ3n) is 3.28. The maximum atomic E-state index is 6.03. The second-order valence-corrected chi connectivity index (χ2v) is 5.44. The smallest absolute Gasteiger partial charge is 0.121 e. The van der Waals surface area contributed by atoms with Crippen molar-refractivity contribution >= 4 is 36.4 Å². The largest absolute Gasteiger partial charge is 0.490 e. The Bertz CT molecular complexity index is 368. The fourth-order valence-electron chi connectivity index (χ4n) is 1.93.